The molecule has 0 bridgehead atoms. The molecule has 2 aliphatic rings. The Morgan fingerprint density at radius 2 is 1.94 bits per heavy atom. The van der Waals surface area contributed by atoms with Gasteiger partial charge in [0, 0.05) is 29.1 Å². The summed E-state index contributed by atoms with van der Waals surface area (Å²) in [6, 6.07) is 11.6. The maximum atomic E-state index is 12.9. The largest absolute Gasteiger partial charge is 0.496 e. The van der Waals surface area contributed by atoms with Gasteiger partial charge in [-0.1, -0.05) is 18.2 Å². The standard InChI is InChI=1S/C25H28N2O4S/c1-29-19-9-4-2-7-17(19)23(27-12-15-30-16-13-27)22-18-8-3-5-11-21(18)32-25(22)26-24(28)20-10-6-14-31-20/h2,4,6-7,9-10,14,23H,3,5,8,11-13,15-16H2,1H3,(H,26,28). The normalized spacial score (nSPS) is 17.5. The summed E-state index contributed by atoms with van der Waals surface area (Å²) in [4.78, 5) is 16.8. The van der Waals surface area contributed by atoms with E-state index in [1.165, 1.54) is 35.1 Å². The summed E-state index contributed by atoms with van der Waals surface area (Å²) in [7, 11) is 1.72. The van der Waals surface area contributed by atoms with Gasteiger partial charge in [0.2, 0.25) is 0 Å². The molecule has 168 valence electrons. The van der Waals surface area contributed by atoms with Crippen LogP contribution in [0.25, 0.3) is 0 Å². The average Bonchev–Trinajstić information content (AvgIpc) is 3.49. The topological polar surface area (TPSA) is 63.9 Å². The van der Waals surface area contributed by atoms with Crippen molar-refractivity contribution in [3.63, 3.8) is 0 Å². The molecule has 0 radical (unpaired) electrons. The third-order valence-corrected chi connectivity index (χ3v) is 7.53. The van der Waals surface area contributed by atoms with Gasteiger partial charge in [-0.15, -0.1) is 11.3 Å². The molecule has 1 atom stereocenters. The highest BCUT2D eigenvalue weighted by molar-refractivity contribution is 7.16. The fourth-order valence-electron chi connectivity index (χ4n) is 4.81. The van der Waals surface area contributed by atoms with Crippen LogP contribution in [-0.2, 0) is 17.6 Å². The van der Waals surface area contributed by atoms with Gasteiger partial charge in [0.25, 0.3) is 5.91 Å². The van der Waals surface area contributed by atoms with Gasteiger partial charge in [0.05, 0.1) is 32.6 Å². The van der Waals surface area contributed by atoms with Gasteiger partial charge in [0.1, 0.15) is 10.8 Å². The number of carbonyl (C=O) groups is 1. The van der Waals surface area contributed by atoms with Crippen LogP contribution in [0.5, 0.6) is 5.75 Å². The molecule has 1 fully saturated rings. The third kappa shape index (κ3) is 4.08. The molecule has 3 aromatic rings. The number of nitrogens with zero attached hydrogens (tertiary/aromatic N) is 1. The van der Waals surface area contributed by atoms with Crippen molar-refractivity contribution in [3.05, 3.63) is 70.0 Å². The highest BCUT2D eigenvalue weighted by atomic mass is 32.1. The zero-order chi connectivity index (χ0) is 21.9. The van der Waals surface area contributed by atoms with E-state index in [1.54, 1.807) is 30.6 Å². The fourth-order valence-corrected chi connectivity index (χ4v) is 6.12. The van der Waals surface area contributed by atoms with E-state index in [1.807, 2.05) is 12.1 Å². The number of thiophene rings is 1. The molecule has 1 aromatic carbocycles. The van der Waals surface area contributed by atoms with Crippen LogP contribution >= 0.6 is 11.3 Å². The van der Waals surface area contributed by atoms with E-state index in [0.717, 1.165) is 42.2 Å². The van der Waals surface area contributed by atoms with Crippen LogP contribution in [0.15, 0.2) is 47.1 Å². The Bertz CT molecular complexity index is 1070. The molecule has 1 amide bonds. The molecule has 32 heavy (non-hydrogen) atoms. The van der Waals surface area contributed by atoms with Crippen LogP contribution < -0.4 is 10.1 Å². The van der Waals surface area contributed by atoms with Crippen molar-refractivity contribution in [1.82, 2.24) is 4.90 Å². The molecule has 1 aliphatic heterocycles. The summed E-state index contributed by atoms with van der Waals surface area (Å²) in [5.74, 6) is 0.973. The molecule has 2 aromatic heterocycles. The zero-order valence-electron chi connectivity index (χ0n) is 18.3. The monoisotopic (exact) mass is 452 g/mol. The molecule has 0 saturated carbocycles. The van der Waals surface area contributed by atoms with Gasteiger partial charge in [-0.25, -0.2) is 0 Å². The second-order valence-electron chi connectivity index (χ2n) is 8.18. The van der Waals surface area contributed by atoms with Crippen molar-refractivity contribution in [3.8, 4) is 5.75 Å². The Balaban J connectivity index is 1.64. The second-order valence-corrected chi connectivity index (χ2v) is 9.28. The van der Waals surface area contributed by atoms with Gasteiger partial charge in [-0.3, -0.25) is 9.69 Å². The van der Waals surface area contributed by atoms with E-state index in [4.69, 9.17) is 13.9 Å². The van der Waals surface area contributed by atoms with E-state index in [-0.39, 0.29) is 11.9 Å². The molecule has 0 spiro atoms. The van der Waals surface area contributed by atoms with Crippen LogP contribution in [0.4, 0.5) is 5.00 Å². The molecular formula is C25H28N2O4S. The van der Waals surface area contributed by atoms with Crippen LogP contribution in [0.1, 0.15) is 51.0 Å². The number of aryl methyl sites for hydroxylation is 1. The first-order valence-electron chi connectivity index (χ1n) is 11.2. The van der Waals surface area contributed by atoms with Crippen molar-refractivity contribution in [2.45, 2.75) is 31.7 Å². The first-order valence-corrected chi connectivity index (χ1v) is 12.0. The van der Waals surface area contributed by atoms with Gasteiger partial charge in [-0.2, -0.15) is 0 Å². The molecule has 1 saturated heterocycles. The summed E-state index contributed by atoms with van der Waals surface area (Å²) >= 11 is 1.72. The number of hydrogen-bond acceptors (Lipinski definition) is 6. The van der Waals surface area contributed by atoms with Gasteiger partial charge in [-0.05, 0) is 49.4 Å². The van der Waals surface area contributed by atoms with E-state index < -0.39 is 0 Å². The third-order valence-electron chi connectivity index (χ3n) is 6.30. The highest BCUT2D eigenvalue weighted by Gasteiger charge is 2.34. The van der Waals surface area contributed by atoms with Crippen LogP contribution in [0, 0.1) is 0 Å². The number of ether oxygens (including phenoxy) is 2. The lowest BCUT2D eigenvalue weighted by molar-refractivity contribution is 0.0235. The number of benzene rings is 1. The fraction of sp³-hybridized carbons (Fsp3) is 0.400. The highest BCUT2D eigenvalue weighted by Crippen LogP contribution is 2.47. The zero-order valence-corrected chi connectivity index (χ0v) is 19.1. The number of furan rings is 1. The summed E-state index contributed by atoms with van der Waals surface area (Å²) in [5, 5.41) is 4.10. The van der Waals surface area contributed by atoms with Crippen molar-refractivity contribution in [2.75, 3.05) is 38.7 Å². The van der Waals surface area contributed by atoms with Gasteiger partial charge < -0.3 is 19.2 Å². The molecule has 1 unspecified atom stereocenters. The average molecular weight is 453 g/mol. The van der Waals surface area contributed by atoms with Crippen molar-refractivity contribution in [1.29, 1.82) is 0 Å². The van der Waals surface area contributed by atoms with E-state index in [0.29, 0.717) is 19.0 Å². The Kier molecular flexibility index (Phi) is 6.30. The number of amides is 1. The Morgan fingerprint density at radius 3 is 2.72 bits per heavy atom. The van der Waals surface area contributed by atoms with Crippen molar-refractivity contribution in [2.24, 2.45) is 0 Å². The number of morpholine rings is 1. The number of para-hydroxylation sites is 1. The lowest BCUT2D eigenvalue weighted by Gasteiger charge is -2.36. The second kappa shape index (κ2) is 9.48. The molecule has 1 N–H and O–H groups in total. The van der Waals surface area contributed by atoms with E-state index in [9.17, 15) is 4.79 Å². The summed E-state index contributed by atoms with van der Waals surface area (Å²) in [6.45, 7) is 3.07. The minimum absolute atomic E-state index is 0.0138. The molecule has 3 heterocycles. The lowest BCUT2D eigenvalue weighted by atomic mass is 9.88. The first-order chi connectivity index (χ1) is 15.8. The SMILES string of the molecule is COc1ccccc1C(c1c(NC(=O)c2ccco2)sc2c1CCCC2)N1CCOCC1. The molecule has 7 heteroatoms. The van der Waals surface area contributed by atoms with Crippen LogP contribution in [-0.4, -0.2) is 44.2 Å². The summed E-state index contributed by atoms with van der Waals surface area (Å²) < 4.78 is 16.8. The van der Waals surface area contributed by atoms with E-state index >= 15 is 0 Å². The number of carbonyl (C=O) groups excluding carboxylic acids is 1. The quantitative estimate of drug-likeness (QED) is 0.576. The smallest absolute Gasteiger partial charge is 0.291 e. The molecule has 6 nitrogen and oxygen atoms in total. The number of rotatable bonds is 6. The minimum Gasteiger partial charge on any atom is -0.496 e. The van der Waals surface area contributed by atoms with Gasteiger partial charge >= 0.3 is 0 Å². The lowest BCUT2D eigenvalue weighted by Crippen LogP contribution is -2.40. The van der Waals surface area contributed by atoms with Crippen LogP contribution in [0.2, 0.25) is 0 Å². The van der Waals surface area contributed by atoms with Gasteiger partial charge in [0.15, 0.2) is 5.76 Å². The maximum absolute atomic E-state index is 12.9. The summed E-state index contributed by atoms with van der Waals surface area (Å²) in [5.41, 5.74) is 3.71. The number of nitrogens with one attached hydrogen (secondary N) is 1. The predicted molar refractivity (Wildman–Crippen MR) is 125 cm³/mol. The molecule has 1 aliphatic carbocycles. The first kappa shape index (κ1) is 21.2. The van der Waals surface area contributed by atoms with E-state index in [2.05, 4.69) is 22.3 Å². The van der Waals surface area contributed by atoms with Crippen LogP contribution in [0.3, 0.4) is 0 Å². The minimum atomic E-state index is -0.212. The summed E-state index contributed by atoms with van der Waals surface area (Å²) in [6.07, 6.45) is 5.99. The maximum Gasteiger partial charge on any atom is 0.291 e. The molecule has 5 rings (SSSR count). The Hall–Kier alpha value is -2.61. The molecular weight excluding hydrogens is 424 g/mol. The van der Waals surface area contributed by atoms with Crippen molar-refractivity contribution < 1.29 is 18.7 Å². The Morgan fingerprint density at radius 1 is 1.12 bits per heavy atom. The van der Waals surface area contributed by atoms with Crippen molar-refractivity contribution >= 4 is 22.2 Å². The number of hydrogen-bond donors (Lipinski definition) is 1. The number of fused-ring (bicyclic) bond motifs is 1. The predicted octanol–water partition coefficient (Wildman–Crippen LogP) is 4.90. The Labute approximate surface area is 192 Å². The number of methoxy groups -OCH3 is 1. The number of anilines is 1.